The fraction of sp³-hybridized carbons (Fsp3) is 0.667. The summed E-state index contributed by atoms with van der Waals surface area (Å²) in [7, 11) is 0. The van der Waals surface area contributed by atoms with E-state index in [9.17, 15) is 9.59 Å². The lowest BCUT2D eigenvalue weighted by Gasteiger charge is -2.06. The Labute approximate surface area is 99.0 Å². The van der Waals surface area contributed by atoms with E-state index in [0.29, 0.717) is 19.3 Å². The third kappa shape index (κ3) is 2.07. The van der Waals surface area contributed by atoms with E-state index in [2.05, 4.69) is 0 Å². The average Bonchev–Trinajstić information content (AvgIpc) is 2.89. The van der Waals surface area contributed by atoms with Gasteiger partial charge < -0.3 is 4.74 Å². The lowest BCUT2D eigenvalue weighted by molar-refractivity contribution is -0.123. The largest absolute Gasteiger partial charge is 0.381 e. The summed E-state index contributed by atoms with van der Waals surface area (Å²) in [5.41, 5.74) is -0.0558. The van der Waals surface area contributed by atoms with Crippen molar-refractivity contribution in [3.8, 4) is 0 Å². The van der Waals surface area contributed by atoms with E-state index in [1.165, 1.54) is 4.57 Å². The summed E-state index contributed by atoms with van der Waals surface area (Å²) in [6.07, 6.45) is 6.45. The SMILES string of the molecule is O=C(Cn1ccn(C2CC2)c1=O)C1CCOC1. The van der Waals surface area contributed by atoms with Crippen LogP contribution in [0, 0.1) is 5.92 Å². The van der Waals surface area contributed by atoms with Crippen LogP contribution >= 0.6 is 0 Å². The molecule has 5 nitrogen and oxygen atoms in total. The minimum Gasteiger partial charge on any atom is -0.381 e. The van der Waals surface area contributed by atoms with Gasteiger partial charge in [0.1, 0.15) is 0 Å². The molecule has 0 N–H and O–H groups in total. The van der Waals surface area contributed by atoms with Crippen molar-refractivity contribution in [3.05, 3.63) is 22.9 Å². The van der Waals surface area contributed by atoms with Gasteiger partial charge in [-0.15, -0.1) is 0 Å². The van der Waals surface area contributed by atoms with Gasteiger partial charge in [-0.1, -0.05) is 0 Å². The van der Waals surface area contributed by atoms with Gasteiger partial charge in [0.05, 0.1) is 13.2 Å². The first-order chi connectivity index (χ1) is 8.25. The van der Waals surface area contributed by atoms with Crippen molar-refractivity contribution in [3.63, 3.8) is 0 Å². The van der Waals surface area contributed by atoms with Crippen molar-refractivity contribution >= 4 is 5.78 Å². The van der Waals surface area contributed by atoms with Gasteiger partial charge in [0.25, 0.3) is 0 Å². The molecule has 1 aromatic heterocycles. The number of carbonyl (C=O) groups excluding carboxylic acids is 1. The zero-order valence-corrected chi connectivity index (χ0v) is 9.67. The normalized spacial score (nSPS) is 24.1. The topological polar surface area (TPSA) is 53.2 Å². The summed E-state index contributed by atoms with van der Waals surface area (Å²) in [4.78, 5) is 23.9. The summed E-state index contributed by atoms with van der Waals surface area (Å²) >= 11 is 0. The fourth-order valence-corrected chi connectivity index (χ4v) is 2.26. The van der Waals surface area contributed by atoms with Crippen LogP contribution in [0.1, 0.15) is 25.3 Å². The van der Waals surface area contributed by atoms with Crippen LogP contribution in [0.5, 0.6) is 0 Å². The Morgan fingerprint density at radius 2 is 2.18 bits per heavy atom. The number of hydrogen-bond donors (Lipinski definition) is 0. The number of ketones is 1. The maximum Gasteiger partial charge on any atom is 0.328 e. The van der Waals surface area contributed by atoms with Crippen molar-refractivity contribution in [2.75, 3.05) is 13.2 Å². The molecule has 1 aliphatic carbocycles. The van der Waals surface area contributed by atoms with E-state index in [4.69, 9.17) is 4.74 Å². The molecular weight excluding hydrogens is 220 g/mol. The highest BCUT2D eigenvalue weighted by atomic mass is 16.5. The van der Waals surface area contributed by atoms with Crippen molar-refractivity contribution in [1.82, 2.24) is 9.13 Å². The van der Waals surface area contributed by atoms with E-state index < -0.39 is 0 Å². The highest BCUT2D eigenvalue weighted by molar-refractivity contribution is 5.81. The van der Waals surface area contributed by atoms with Crippen LogP contribution in [0.3, 0.4) is 0 Å². The fourth-order valence-electron chi connectivity index (χ4n) is 2.26. The van der Waals surface area contributed by atoms with Crippen LogP contribution in [0.4, 0.5) is 0 Å². The minimum absolute atomic E-state index is 0.0221. The van der Waals surface area contributed by atoms with Crippen LogP contribution in [0.15, 0.2) is 17.2 Å². The number of aromatic nitrogens is 2. The van der Waals surface area contributed by atoms with Gasteiger partial charge in [-0.05, 0) is 19.3 Å². The molecule has 1 saturated heterocycles. The Balaban J connectivity index is 1.71. The molecule has 1 aromatic rings. The highest BCUT2D eigenvalue weighted by Crippen LogP contribution is 2.33. The second-order valence-electron chi connectivity index (χ2n) is 4.87. The molecule has 0 radical (unpaired) electrons. The van der Waals surface area contributed by atoms with Gasteiger partial charge >= 0.3 is 5.69 Å². The van der Waals surface area contributed by atoms with E-state index in [-0.39, 0.29) is 23.9 Å². The predicted octanol–water partition coefficient (Wildman–Crippen LogP) is 0.590. The second kappa shape index (κ2) is 4.14. The van der Waals surface area contributed by atoms with Gasteiger partial charge in [0.2, 0.25) is 0 Å². The monoisotopic (exact) mass is 236 g/mol. The molecule has 0 bridgehead atoms. The number of rotatable bonds is 4. The third-order valence-electron chi connectivity index (χ3n) is 3.53. The van der Waals surface area contributed by atoms with Crippen LogP contribution in [0.25, 0.3) is 0 Å². The molecule has 0 aromatic carbocycles. The lowest BCUT2D eigenvalue weighted by Crippen LogP contribution is -2.29. The molecule has 1 unspecified atom stereocenters. The molecule has 17 heavy (non-hydrogen) atoms. The number of imidazole rings is 1. The molecule has 3 rings (SSSR count). The second-order valence-corrected chi connectivity index (χ2v) is 4.87. The molecular formula is C12H16N2O3. The zero-order chi connectivity index (χ0) is 11.8. The van der Waals surface area contributed by atoms with Crippen molar-refractivity contribution in [1.29, 1.82) is 0 Å². The van der Waals surface area contributed by atoms with Gasteiger partial charge in [0, 0.05) is 31.0 Å². The molecule has 0 spiro atoms. The average molecular weight is 236 g/mol. The van der Waals surface area contributed by atoms with Crippen LogP contribution in [-0.4, -0.2) is 28.1 Å². The smallest absolute Gasteiger partial charge is 0.328 e. The van der Waals surface area contributed by atoms with Gasteiger partial charge in [-0.3, -0.25) is 13.9 Å². The van der Waals surface area contributed by atoms with Gasteiger partial charge in [0.15, 0.2) is 5.78 Å². The Bertz CT molecular complexity index is 478. The van der Waals surface area contributed by atoms with Crippen molar-refractivity contribution in [2.24, 2.45) is 5.92 Å². The molecule has 2 fully saturated rings. The number of ether oxygens (including phenoxy) is 1. The van der Waals surface area contributed by atoms with E-state index in [0.717, 1.165) is 19.3 Å². The molecule has 2 heterocycles. The standard InChI is InChI=1S/C12H16N2O3/c15-11(9-3-6-17-8-9)7-13-4-5-14(12(13)16)10-1-2-10/h4-5,9-10H,1-3,6-8H2. The van der Waals surface area contributed by atoms with Crippen molar-refractivity contribution in [2.45, 2.75) is 31.8 Å². The zero-order valence-electron chi connectivity index (χ0n) is 9.67. The van der Waals surface area contributed by atoms with E-state index >= 15 is 0 Å². The molecule has 2 aliphatic rings. The van der Waals surface area contributed by atoms with Crippen molar-refractivity contribution < 1.29 is 9.53 Å². The molecule has 0 amide bonds. The first-order valence-corrected chi connectivity index (χ1v) is 6.13. The minimum atomic E-state index is -0.0558. The molecule has 1 atom stereocenters. The third-order valence-corrected chi connectivity index (χ3v) is 3.53. The molecule has 1 aliphatic heterocycles. The number of Topliss-reactive ketones (excluding diaryl/α,β-unsaturated/α-hetero) is 1. The molecule has 1 saturated carbocycles. The van der Waals surface area contributed by atoms with E-state index in [1.54, 1.807) is 17.0 Å². The Morgan fingerprint density at radius 3 is 2.82 bits per heavy atom. The predicted molar refractivity (Wildman–Crippen MR) is 60.9 cm³/mol. The number of carbonyl (C=O) groups is 1. The van der Waals surface area contributed by atoms with E-state index in [1.807, 2.05) is 0 Å². The number of nitrogens with zero attached hydrogens (tertiary/aromatic N) is 2. The molecule has 92 valence electrons. The quantitative estimate of drug-likeness (QED) is 0.769. The summed E-state index contributed by atoms with van der Waals surface area (Å²) in [5.74, 6) is 0.0873. The van der Waals surface area contributed by atoms with Crippen LogP contribution < -0.4 is 5.69 Å². The first-order valence-electron chi connectivity index (χ1n) is 6.13. The first kappa shape index (κ1) is 10.8. The Hall–Kier alpha value is -1.36. The van der Waals surface area contributed by atoms with Gasteiger partial charge in [-0.25, -0.2) is 4.79 Å². The summed E-state index contributed by atoms with van der Waals surface area (Å²) in [6, 6.07) is 0.369. The Morgan fingerprint density at radius 1 is 1.35 bits per heavy atom. The van der Waals surface area contributed by atoms with Gasteiger partial charge in [-0.2, -0.15) is 0 Å². The maximum atomic E-state index is 11.9. The maximum absolute atomic E-state index is 11.9. The number of hydrogen-bond acceptors (Lipinski definition) is 3. The summed E-state index contributed by atoms with van der Waals surface area (Å²) in [5, 5.41) is 0. The summed E-state index contributed by atoms with van der Waals surface area (Å²) in [6.45, 7) is 1.36. The lowest BCUT2D eigenvalue weighted by atomic mass is 10.0. The summed E-state index contributed by atoms with van der Waals surface area (Å²) < 4.78 is 8.43. The van der Waals surface area contributed by atoms with Crippen LogP contribution in [-0.2, 0) is 16.1 Å². The molecule has 5 heteroatoms. The highest BCUT2D eigenvalue weighted by Gasteiger charge is 2.27. The van der Waals surface area contributed by atoms with Crippen LogP contribution in [0.2, 0.25) is 0 Å². The Kier molecular flexibility index (Phi) is 2.63.